The van der Waals surface area contributed by atoms with Gasteiger partial charge in [0.2, 0.25) is 5.91 Å². The SMILES string of the molecule is COc1ccccc1-c1csc(NC(=O)CSc2cccc(NC(=O)/C(=C\c3cccc(OC)c3OC)NC(=O)c3ccccc3)c2)n1. The number of nitrogens with zero attached hydrogens (tertiary/aromatic N) is 1. The van der Waals surface area contributed by atoms with E-state index in [9.17, 15) is 14.4 Å². The number of carbonyl (C=O) groups is 3. The van der Waals surface area contributed by atoms with Crippen LogP contribution in [0.3, 0.4) is 0 Å². The van der Waals surface area contributed by atoms with Gasteiger partial charge in [0, 0.05) is 32.7 Å². The maximum Gasteiger partial charge on any atom is 0.272 e. The summed E-state index contributed by atoms with van der Waals surface area (Å²) in [6.45, 7) is 0. The Hall–Kier alpha value is -5.59. The average molecular weight is 681 g/mol. The Balaban J connectivity index is 1.27. The van der Waals surface area contributed by atoms with Gasteiger partial charge in [0.05, 0.1) is 32.8 Å². The Labute approximate surface area is 286 Å². The summed E-state index contributed by atoms with van der Waals surface area (Å²) in [4.78, 5) is 44.8. The molecule has 0 atom stereocenters. The molecule has 1 aromatic heterocycles. The number of rotatable bonds is 13. The van der Waals surface area contributed by atoms with Crippen LogP contribution in [0, 0.1) is 0 Å². The van der Waals surface area contributed by atoms with Gasteiger partial charge in [0.15, 0.2) is 16.6 Å². The zero-order chi connectivity index (χ0) is 33.9. The summed E-state index contributed by atoms with van der Waals surface area (Å²) in [7, 11) is 4.62. The first-order valence-electron chi connectivity index (χ1n) is 14.6. The van der Waals surface area contributed by atoms with Crippen LogP contribution in [-0.4, -0.2) is 49.8 Å². The summed E-state index contributed by atoms with van der Waals surface area (Å²) in [5.41, 5.74) is 2.93. The van der Waals surface area contributed by atoms with Crippen LogP contribution in [0.25, 0.3) is 17.3 Å². The van der Waals surface area contributed by atoms with E-state index in [0.717, 1.165) is 10.5 Å². The van der Waals surface area contributed by atoms with Crippen LogP contribution < -0.4 is 30.2 Å². The number of amides is 3. The van der Waals surface area contributed by atoms with E-state index in [1.54, 1.807) is 73.8 Å². The minimum absolute atomic E-state index is 0.0104. The Morgan fingerprint density at radius 2 is 1.54 bits per heavy atom. The van der Waals surface area contributed by atoms with E-state index in [0.29, 0.717) is 44.9 Å². The molecule has 0 aliphatic heterocycles. The Morgan fingerprint density at radius 1 is 0.812 bits per heavy atom. The van der Waals surface area contributed by atoms with Gasteiger partial charge in [-0.2, -0.15) is 0 Å². The van der Waals surface area contributed by atoms with Crippen molar-refractivity contribution in [3.63, 3.8) is 0 Å². The monoisotopic (exact) mass is 680 g/mol. The van der Waals surface area contributed by atoms with Crippen LogP contribution in [-0.2, 0) is 9.59 Å². The maximum absolute atomic E-state index is 13.6. The van der Waals surface area contributed by atoms with Crippen molar-refractivity contribution in [2.75, 3.05) is 37.7 Å². The molecule has 0 aliphatic rings. The summed E-state index contributed by atoms with van der Waals surface area (Å²) in [6, 6.07) is 28.5. The lowest BCUT2D eigenvalue weighted by atomic mass is 10.1. The molecule has 244 valence electrons. The van der Waals surface area contributed by atoms with E-state index in [1.165, 1.54) is 43.4 Å². The first kappa shape index (κ1) is 33.8. The van der Waals surface area contributed by atoms with E-state index >= 15 is 0 Å². The highest BCUT2D eigenvalue weighted by atomic mass is 32.2. The second kappa shape index (κ2) is 16.3. The maximum atomic E-state index is 13.6. The second-order valence-electron chi connectivity index (χ2n) is 10.0. The number of hydrogen-bond donors (Lipinski definition) is 3. The first-order valence-corrected chi connectivity index (χ1v) is 16.5. The summed E-state index contributed by atoms with van der Waals surface area (Å²) in [5.74, 6) is 0.462. The van der Waals surface area contributed by atoms with Crippen molar-refractivity contribution in [2.45, 2.75) is 4.90 Å². The van der Waals surface area contributed by atoms with Gasteiger partial charge in [-0.05, 0) is 54.6 Å². The number of ether oxygens (including phenoxy) is 3. The molecule has 0 spiro atoms. The molecule has 0 aliphatic carbocycles. The smallest absolute Gasteiger partial charge is 0.272 e. The lowest BCUT2D eigenvalue weighted by Gasteiger charge is -2.14. The lowest BCUT2D eigenvalue weighted by molar-refractivity contribution is -0.114. The molecule has 12 heteroatoms. The van der Waals surface area contributed by atoms with E-state index < -0.39 is 11.8 Å². The molecule has 0 saturated heterocycles. The average Bonchev–Trinajstić information content (AvgIpc) is 3.58. The van der Waals surface area contributed by atoms with E-state index in [1.807, 2.05) is 35.7 Å². The largest absolute Gasteiger partial charge is 0.496 e. The zero-order valence-corrected chi connectivity index (χ0v) is 27.9. The number of benzene rings is 4. The van der Waals surface area contributed by atoms with E-state index in [2.05, 4.69) is 20.9 Å². The molecule has 5 rings (SSSR count). The minimum Gasteiger partial charge on any atom is -0.496 e. The van der Waals surface area contributed by atoms with Crippen molar-refractivity contribution in [3.05, 3.63) is 119 Å². The van der Waals surface area contributed by atoms with Crippen molar-refractivity contribution in [3.8, 4) is 28.5 Å². The molecule has 48 heavy (non-hydrogen) atoms. The van der Waals surface area contributed by atoms with Gasteiger partial charge in [-0.25, -0.2) is 4.98 Å². The molecule has 4 aromatic carbocycles. The van der Waals surface area contributed by atoms with Crippen molar-refractivity contribution in [2.24, 2.45) is 0 Å². The minimum atomic E-state index is -0.557. The summed E-state index contributed by atoms with van der Waals surface area (Å²) >= 11 is 2.63. The third-order valence-electron chi connectivity index (χ3n) is 6.86. The zero-order valence-electron chi connectivity index (χ0n) is 26.3. The number of anilines is 2. The van der Waals surface area contributed by atoms with E-state index in [4.69, 9.17) is 14.2 Å². The van der Waals surface area contributed by atoms with Crippen LogP contribution >= 0.6 is 23.1 Å². The van der Waals surface area contributed by atoms with Crippen molar-refractivity contribution >= 4 is 57.7 Å². The molecule has 10 nitrogen and oxygen atoms in total. The molecule has 0 radical (unpaired) electrons. The number of thioether (sulfide) groups is 1. The van der Waals surface area contributed by atoms with Gasteiger partial charge in [-0.1, -0.05) is 48.5 Å². The molecule has 3 N–H and O–H groups in total. The van der Waals surface area contributed by atoms with Crippen molar-refractivity contribution in [1.82, 2.24) is 10.3 Å². The number of para-hydroxylation sites is 2. The highest BCUT2D eigenvalue weighted by Gasteiger charge is 2.18. The van der Waals surface area contributed by atoms with Crippen LogP contribution in [0.1, 0.15) is 15.9 Å². The Kier molecular flexibility index (Phi) is 11.5. The van der Waals surface area contributed by atoms with Crippen molar-refractivity contribution in [1.29, 1.82) is 0 Å². The highest BCUT2D eigenvalue weighted by Crippen LogP contribution is 2.33. The summed E-state index contributed by atoms with van der Waals surface area (Å²) < 4.78 is 16.3. The molecule has 0 fully saturated rings. The van der Waals surface area contributed by atoms with Gasteiger partial charge in [0.25, 0.3) is 11.8 Å². The van der Waals surface area contributed by atoms with Gasteiger partial charge in [-0.3, -0.25) is 14.4 Å². The highest BCUT2D eigenvalue weighted by molar-refractivity contribution is 8.00. The fraction of sp³-hybridized carbons (Fsp3) is 0.111. The normalized spacial score (nSPS) is 10.9. The predicted octanol–water partition coefficient (Wildman–Crippen LogP) is 6.98. The van der Waals surface area contributed by atoms with Gasteiger partial charge >= 0.3 is 0 Å². The Morgan fingerprint density at radius 3 is 2.31 bits per heavy atom. The topological polar surface area (TPSA) is 128 Å². The summed E-state index contributed by atoms with van der Waals surface area (Å²) in [6.07, 6.45) is 1.53. The lowest BCUT2D eigenvalue weighted by Crippen LogP contribution is -2.30. The molecule has 3 amide bonds. The standard InChI is InChI=1S/C36H32N4O6S2/c1-44-30-17-8-7-16-27(30)29-21-48-36(39-29)40-32(41)22-47-26-15-10-14-25(20-26)37-35(43)28(38-34(42)23-11-5-4-6-12-23)19-24-13-9-18-31(45-2)33(24)46-3/h4-21H,22H2,1-3H3,(H,37,43)(H,38,42)(H,39,40,41)/b28-19+. The molecule has 0 bridgehead atoms. The predicted molar refractivity (Wildman–Crippen MR) is 190 cm³/mol. The number of aromatic nitrogens is 1. The molecule has 5 aromatic rings. The summed E-state index contributed by atoms with van der Waals surface area (Å²) in [5, 5.41) is 10.8. The third kappa shape index (κ3) is 8.60. The Bertz CT molecular complexity index is 1940. The molecule has 0 saturated carbocycles. The molecule has 0 unspecified atom stereocenters. The number of carbonyl (C=O) groups excluding carboxylic acids is 3. The fourth-order valence-corrected chi connectivity index (χ4v) is 6.08. The van der Waals surface area contributed by atoms with Crippen LogP contribution in [0.4, 0.5) is 10.8 Å². The number of methoxy groups -OCH3 is 3. The number of nitrogens with one attached hydrogen (secondary N) is 3. The molecular formula is C36H32N4O6S2. The van der Waals surface area contributed by atoms with Gasteiger partial charge in [0.1, 0.15) is 11.4 Å². The van der Waals surface area contributed by atoms with Gasteiger partial charge in [-0.15, -0.1) is 23.1 Å². The molecule has 1 heterocycles. The van der Waals surface area contributed by atoms with Crippen LogP contribution in [0.5, 0.6) is 17.2 Å². The first-order chi connectivity index (χ1) is 23.4. The fourth-order valence-electron chi connectivity index (χ4n) is 4.60. The van der Waals surface area contributed by atoms with Crippen LogP contribution in [0.15, 0.2) is 113 Å². The van der Waals surface area contributed by atoms with E-state index in [-0.39, 0.29) is 17.4 Å². The van der Waals surface area contributed by atoms with Crippen LogP contribution in [0.2, 0.25) is 0 Å². The number of thiazole rings is 1. The second-order valence-corrected chi connectivity index (χ2v) is 11.9. The molecular weight excluding hydrogens is 649 g/mol. The van der Waals surface area contributed by atoms with Crippen molar-refractivity contribution < 1.29 is 28.6 Å². The quantitative estimate of drug-likeness (QED) is 0.0899. The van der Waals surface area contributed by atoms with Gasteiger partial charge < -0.3 is 30.2 Å². The number of hydrogen-bond acceptors (Lipinski definition) is 9. The third-order valence-corrected chi connectivity index (χ3v) is 8.61.